The van der Waals surface area contributed by atoms with Gasteiger partial charge in [0.2, 0.25) is 5.95 Å². The van der Waals surface area contributed by atoms with Gasteiger partial charge < -0.3 is 8.98 Å². The number of aromatic nitrogens is 4. The Morgan fingerprint density at radius 3 is 1.88 bits per heavy atom. The maximum atomic E-state index is 6.77. The monoisotopic (exact) mass is 752 g/mol. The van der Waals surface area contributed by atoms with Crippen LogP contribution in [0.5, 0.6) is 0 Å². The third-order valence-electron chi connectivity index (χ3n) is 12.1. The number of fused-ring (bicyclic) bond motifs is 12. The van der Waals surface area contributed by atoms with Crippen molar-refractivity contribution < 1.29 is 4.42 Å². The molecule has 274 valence electrons. The molecule has 0 unspecified atom stereocenters. The van der Waals surface area contributed by atoms with Crippen LogP contribution in [0.15, 0.2) is 199 Å². The van der Waals surface area contributed by atoms with Crippen LogP contribution in [-0.2, 0) is 0 Å². The molecule has 9 aromatic carbocycles. The Balaban J connectivity index is 1.08. The lowest BCUT2D eigenvalue weighted by atomic mass is 10.00. The molecule has 0 saturated carbocycles. The van der Waals surface area contributed by atoms with Gasteiger partial charge in [-0.1, -0.05) is 121 Å². The van der Waals surface area contributed by atoms with Gasteiger partial charge in [-0.2, -0.15) is 0 Å². The van der Waals surface area contributed by atoms with Gasteiger partial charge >= 0.3 is 0 Å². The van der Waals surface area contributed by atoms with Crippen molar-refractivity contribution in [1.82, 2.24) is 19.1 Å². The molecule has 0 spiro atoms. The number of benzene rings is 9. The van der Waals surface area contributed by atoms with E-state index < -0.39 is 0 Å². The normalized spacial score (nSPS) is 12.1. The third-order valence-corrected chi connectivity index (χ3v) is 12.1. The number of hydrogen-bond acceptors (Lipinski definition) is 3. The first kappa shape index (κ1) is 32.1. The van der Waals surface area contributed by atoms with E-state index in [0.717, 1.165) is 82.7 Å². The Hall–Kier alpha value is -8.02. The SMILES string of the molecule is c1ccc(-n2c3ccccc3c3cc(-c4ccc5c(c4)c4c6oc7ccccc7c6ccc4n5-c4nc(-c5ccc6ccccc6c5)c5ccccc5n4)ccc32)cc1. The summed E-state index contributed by atoms with van der Waals surface area (Å²) in [4.78, 5) is 10.7. The summed E-state index contributed by atoms with van der Waals surface area (Å²) < 4.78 is 11.3. The molecule has 0 bridgehead atoms. The van der Waals surface area contributed by atoms with Crippen molar-refractivity contribution in [3.63, 3.8) is 0 Å². The molecule has 0 aliphatic carbocycles. The minimum Gasteiger partial charge on any atom is -0.455 e. The topological polar surface area (TPSA) is 48.8 Å². The summed E-state index contributed by atoms with van der Waals surface area (Å²) in [5.74, 6) is 0.616. The van der Waals surface area contributed by atoms with E-state index in [-0.39, 0.29) is 0 Å². The molecule has 59 heavy (non-hydrogen) atoms. The van der Waals surface area contributed by atoms with E-state index in [2.05, 4.69) is 191 Å². The first-order valence-corrected chi connectivity index (χ1v) is 20.0. The first-order valence-electron chi connectivity index (χ1n) is 20.0. The molecular formula is C54H32N4O. The lowest BCUT2D eigenvalue weighted by Gasteiger charge is -2.12. The first-order chi connectivity index (χ1) is 29.2. The summed E-state index contributed by atoms with van der Waals surface area (Å²) in [6.07, 6.45) is 0. The van der Waals surface area contributed by atoms with E-state index in [1.807, 2.05) is 12.1 Å². The van der Waals surface area contributed by atoms with E-state index in [4.69, 9.17) is 14.4 Å². The smallest absolute Gasteiger partial charge is 0.235 e. The van der Waals surface area contributed by atoms with Crippen LogP contribution >= 0.6 is 0 Å². The van der Waals surface area contributed by atoms with Crippen LogP contribution in [0.2, 0.25) is 0 Å². The summed E-state index contributed by atoms with van der Waals surface area (Å²) in [6.45, 7) is 0. The summed E-state index contributed by atoms with van der Waals surface area (Å²) in [5, 5.41) is 10.1. The molecule has 4 heterocycles. The number of furan rings is 1. The van der Waals surface area contributed by atoms with E-state index in [1.54, 1.807) is 0 Å². The average molecular weight is 753 g/mol. The maximum Gasteiger partial charge on any atom is 0.235 e. The fraction of sp³-hybridized carbons (Fsp3) is 0. The van der Waals surface area contributed by atoms with Crippen molar-refractivity contribution in [2.45, 2.75) is 0 Å². The van der Waals surface area contributed by atoms with Gasteiger partial charge in [0.25, 0.3) is 0 Å². The van der Waals surface area contributed by atoms with Gasteiger partial charge in [0.05, 0.1) is 38.7 Å². The summed E-state index contributed by atoms with van der Waals surface area (Å²) in [5.41, 5.74) is 12.4. The van der Waals surface area contributed by atoms with Crippen molar-refractivity contribution >= 4 is 87.2 Å². The molecule has 0 aliphatic heterocycles. The molecule has 5 heteroatoms. The average Bonchev–Trinajstić information content (AvgIpc) is 3.96. The molecular weight excluding hydrogens is 721 g/mol. The highest BCUT2D eigenvalue weighted by atomic mass is 16.3. The van der Waals surface area contributed by atoms with Gasteiger partial charge in [0.15, 0.2) is 0 Å². The Morgan fingerprint density at radius 2 is 1.02 bits per heavy atom. The lowest BCUT2D eigenvalue weighted by molar-refractivity contribution is 0.673. The Labute approximate surface area is 337 Å². The van der Waals surface area contributed by atoms with E-state index in [1.165, 1.54) is 32.6 Å². The number of para-hydroxylation sites is 4. The Bertz CT molecular complexity index is 3850. The minimum absolute atomic E-state index is 0.616. The van der Waals surface area contributed by atoms with E-state index in [9.17, 15) is 0 Å². The summed E-state index contributed by atoms with van der Waals surface area (Å²) >= 11 is 0. The number of rotatable bonds is 4. The zero-order valence-corrected chi connectivity index (χ0v) is 31.7. The molecule has 0 radical (unpaired) electrons. The number of nitrogens with zero attached hydrogens (tertiary/aromatic N) is 4. The van der Waals surface area contributed by atoms with Crippen LogP contribution < -0.4 is 0 Å². The Morgan fingerprint density at radius 1 is 0.373 bits per heavy atom. The highest BCUT2D eigenvalue weighted by Crippen LogP contribution is 2.43. The zero-order chi connectivity index (χ0) is 38.6. The van der Waals surface area contributed by atoms with Crippen LogP contribution in [0.3, 0.4) is 0 Å². The van der Waals surface area contributed by atoms with Crippen molar-refractivity contribution in [1.29, 1.82) is 0 Å². The molecule has 0 fully saturated rings. The molecule has 0 aliphatic rings. The van der Waals surface area contributed by atoms with Gasteiger partial charge in [0, 0.05) is 43.6 Å². The standard InChI is InChI=1S/C54H32N4O/c1-2-14-38(15-3-1)57-46-20-10-7-16-39(46)43-31-35(24-27-47(43)57)36-25-28-48-44(32-36)51-49(29-26-41-40-17-8-11-21-50(40)59-53(41)51)58(48)54-55-45-19-9-6-18-42(45)52(56-54)37-23-22-33-12-4-5-13-34(33)30-37/h1-32H. The van der Waals surface area contributed by atoms with Crippen molar-refractivity contribution in [3.8, 4) is 34.0 Å². The van der Waals surface area contributed by atoms with E-state index >= 15 is 0 Å². The van der Waals surface area contributed by atoms with Gasteiger partial charge in [-0.15, -0.1) is 0 Å². The second kappa shape index (κ2) is 12.2. The minimum atomic E-state index is 0.616. The number of hydrogen-bond donors (Lipinski definition) is 0. The van der Waals surface area contributed by atoms with Crippen LogP contribution in [0, 0.1) is 0 Å². The lowest BCUT2D eigenvalue weighted by Crippen LogP contribution is -2.03. The largest absolute Gasteiger partial charge is 0.455 e. The molecule has 5 nitrogen and oxygen atoms in total. The fourth-order valence-electron chi connectivity index (χ4n) is 9.41. The Kier molecular flexibility index (Phi) is 6.66. The summed E-state index contributed by atoms with van der Waals surface area (Å²) in [6, 6.07) is 69.0. The van der Waals surface area contributed by atoms with Gasteiger partial charge in [0.1, 0.15) is 11.2 Å². The van der Waals surface area contributed by atoms with Crippen molar-refractivity contribution in [2.75, 3.05) is 0 Å². The van der Waals surface area contributed by atoms with Gasteiger partial charge in [-0.25, -0.2) is 9.97 Å². The quantitative estimate of drug-likeness (QED) is 0.180. The van der Waals surface area contributed by atoms with Crippen molar-refractivity contribution in [2.24, 2.45) is 0 Å². The van der Waals surface area contributed by atoms with Crippen LogP contribution in [0.4, 0.5) is 0 Å². The van der Waals surface area contributed by atoms with Gasteiger partial charge in [-0.05, 0) is 94.7 Å². The maximum absolute atomic E-state index is 6.77. The second-order valence-electron chi connectivity index (χ2n) is 15.4. The second-order valence-corrected chi connectivity index (χ2v) is 15.4. The van der Waals surface area contributed by atoms with Crippen LogP contribution in [0.25, 0.3) is 121 Å². The molecule has 4 aromatic heterocycles. The van der Waals surface area contributed by atoms with Gasteiger partial charge in [-0.3, -0.25) is 4.57 Å². The van der Waals surface area contributed by atoms with Crippen molar-refractivity contribution in [3.05, 3.63) is 194 Å². The fourth-order valence-corrected chi connectivity index (χ4v) is 9.41. The zero-order valence-electron chi connectivity index (χ0n) is 31.7. The highest BCUT2D eigenvalue weighted by Gasteiger charge is 2.22. The van der Waals surface area contributed by atoms with E-state index in [0.29, 0.717) is 5.95 Å². The third kappa shape index (κ3) is 4.73. The predicted molar refractivity (Wildman–Crippen MR) is 244 cm³/mol. The van der Waals surface area contributed by atoms with Crippen LogP contribution in [0.1, 0.15) is 0 Å². The predicted octanol–water partition coefficient (Wildman–Crippen LogP) is 14.2. The highest BCUT2D eigenvalue weighted by molar-refractivity contribution is 6.24. The van der Waals surface area contributed by atoms with Crippen LogP contribution in [-0.4, -0.2) is 19.1 Å². The molecule has 13 rings (SSSR count). The summed E-state index contributed by atoms with van der Waals surface area (Å²) in [7, 11) is 0. The molecule has 0 N–H and O–H groups in total. The molecule has 0 saturated heterocycles. The molecule has 0 amide bonds. The molecule has 13 aromatic rings. The molecule has 0 atom stereocenters.